The number of ether oxygens (including phenoxy) is 1. The maximum absolute atomic E-state index is 12.9. The number of benzene rings is 2. The second kappa shape index (κ2) is 13.4. The number of rotatable bonds is 11. The van der Waals surface area contributed by atoms with E-state index in [1.807, 2.05) is 12.1 Å². The highest BCUT2D eigenvalue weighted by molar-refractivity contribution is 7.93. The van der Waals surface area contributed by atoms with E-state index < -0.39 is 52.2 Å². The van der Waals surface area contributed by atoms with E-state index in [1.54, 1.807) is 23.8 Å². The second-order valence-electron chi connectivity index (χ2n) is 10.4. The van der Waals surface area contributed by atoms with Gasteiger partial charge in [-0.05, 0) is 65.6 Å². The molecule has 0 radical (unpaired) electrons. The van der Waals surface area contributed by atoms with E-state index in [9.17, 15) is 34.1 Å². The number of hydrogen-bond acceptors (Lipinski definition) is 9. The van der Waals surface area contributed by atoms with E-state index in [4.69, 9.17) is 4.74 Å². The van der Waals surface area contributed by atoms with Crippen molar-refractivity contribution in [3.8, 4) is 17.3 Å². The Hall–Kier alpha value is -3.28. The number of nitrogens with zero attached hydrogens (tertiary/aromatic N) is 3. The summed E-state index contributed by atoms with van der Waals surface area (Å²) in [5.41, 5.74) is 3.42. The van der Waals surface area contributed by atoms with Crippen LogP contribution in [0.15, 0.2) is 53.4 Å². The summed E-state index contributed by atoms with van der Waals surface area (Å²) in [5.74, 6) is 0. The highest BCUT2D eigenvalue weighted by atomic mass is 32.2. The Morgan fingerprint density at radius 1 is 1.00 bits per heavy atom. The Balaban J connectivity index is 1.54. The van der Waals surface area contributed by atoms with Crippen LogP contribution in [-0.2, 0) is 21.8 Å². The maximum Gasteiger partial charge on any atom is 0.250 e. The van der Waals surface area contributed by atoms with Crippen LogP contribution in [0.2, 0.25) is 0 Å². The molecule has 1 unspecified atom stereocenters. The van der Waals surface area contributed by atoms with Crippen molar-refractivity contribution in [2.75, 3.05) is 24.5 Å². The first-order valence-corrected chi connectivity index (χ1v) is 15.4. The summed E-state index contributed by atoms with van der Waals surface area (Å²) >= 11 is 0. The van der Waals surface area contributed by atoms with Gasteiger partial charge in [-0.1, -0.05) is 32.0 Å². The maximum atomic E-state index is 12.9. The number of anilines is 1. The molecule has 1 aliphatic rings. The molecule has 3 aromatic rings. The molecule has 1 aromatic heterocycles. The Morgan fingerprint density at radius 2 is 1.67 bits per heavy atom. The summed E-state index contributed by atoms with van der Waals surface area (Å²) in [4.78, 5) is 1.82. The van der Waals surface area contributed by atoms with Crippen LogP contribution in [-0.4, -0.2) is 83.8 Å². The standard InChI is InChI=1S/C30H38N4O7S/c1-4-12-34(13-5-2)23-9-8-19-14-21(7-6-20(19)15-23)25-11-10-22(33(25)3)16-24(17-31)42(39,40)32-18-26-27(35)28(36)29(37)30(38)41-26/h6-11,14-16,26-30,32,35-38H,4-5,12-13,18H2,1-3H3/b24-16+/t26-,27-,28+,29-,30?/m1/s1. The van der Waals surface area contributed by atoms with Gasteiger partial charge in [0.25, 0.3) is 10.0 Å². The van der Waals surface area contributed by atoms with Gasteiger partial charge in [0, 0.05) is 43.8 Å². The molecular weight excluding hydrogens is 560 g/mol. The molecule has 5 N–H and O–H groups in total. The lowest BCUT2D eigenvalue weighted by Crippen LogP contribution is -2.59. The molecule has 1 fully saturated rings. The zero-order valence-corrected chi connectivity index (χ0v) is 24.7. The smallest absolute Gasteiger partial charge is 0.250 e. The van der Waals surface area contributed by atoms with Gasteiger partial charge in [-0.25, -0.2) is 13.1 Å². The zero-order chi connectivity index (χ0) is 30.6. The molecule has 0 aliphatic carbocycles. The fourth-order valence-corrected chi connectivity index (χ4v) is 6.07. The average Bonchev–Trinajstić information content (AvgIpc) is 3.34. The summed E-state index contributed by atoms with van der Waals surface area (Å²) in [6.07, 6.45) is -4.90. The number of aromatic nitrogens is 1. The molecule has 11 nitrogen and oxygen atoms in total. The molecule has 0 amide bonds. The number of nitrogens with one attached hydrogen (secondary N) is 1. The van der Waals surface area contributed by atoms with Crippen LogP contribution in [0.1, 0.15) is 32.4 Å². The lowest BCUT2D eigenvalue weighted by Gasteiger charge is -2.38. The fourth-order valence-electron chi connectivity index (χ4n) is 5.13. The van der Waals surface area contributed by atoms with Gasteiger partial charge < -0.3 is 34.6 Å². The van der Waals surface area contributed by atoms with E-state index in [1.165, 1.54) is 11.8 Å². The summed E-state index contributed by atoms with van der Waals surface area (Å²) in [6.45, 7) is 5.80. The molecule has 42 heavy (non-hydrogen) atoms. The highest BCUT2D eigenvalue weighted by Gasteiger charge is 2.43. The molecule has 226 valence electrons. The predicted molar refractivity (Wildman–Crippen MR) is 161 cm³/mol. The normalized spacial score (nSPS) is 23.2. The molecule has 0 spiro atoms. The van der Waals surface area contributed by atoms with Crippen LogP contribution in [0.25, 0.3) is 28.1 Å². The van der Waals surface area contributed by atoms with E-state index in [0.717, 1.165) is 48.0 Å². The Labute approximate surface area is 245 Å². The van der Waals surface area contributed by atoms with Crippen molar-refractivity contribution in [1.29, 1.82) is 5.26 Å². The number of aliphatic hydroxyl groups is 4. The SMILES string of the molecule is CCCN(CCC)c1ccc2cc(-c3ccc(/C=C(\C#N)S(=O)(=O)NC[C@H]4OC(O)[C@H](O)[C@@H](O)[C@@H]4O)n3C)ccc2c1. The van der Waals surface area contributed by atoms with E-state index >= 15 is 0 Å². The molecule has 1 saturated heterocycles. The van der Waals surface area contributed by atoms with Gasteiger partial charge >= 0.3 is 0 Å². The number of fused-ring (bicyclic) bond motifs is 1. The Morgan fingerprint density at radius 3 is 2.33 bits per heavy atom. The minimum atomic E-state index is -4.35. The highest BCUT2D eigenvalue weighted by Crippen LogP contribution is 2.29. The minimum absolute atomic E-state index is 0.472. The lowest BCUT2D eigenvalue weighted by molar-refractivity contribution is -0.279. The predicted octanol–water partition coefficient (Wildman–Crippen LogP) is 2.06. The topological polar surface area (TPSA) is 168 Å². The molecule has 5 atom stereocenters. The van der Waals surface area contributed by atoms with Crippen LogP contribution in [0.3, 0.4) is 0 Å². The number of nitriles is 1. The fraction of sp³-hybridized carbons (Fsp3) is 0.433. The Bertz CT molecular complexity index is 1570. The van der Waals surface area contributed by atoms with Crippen molar-refractivity contribution >= 4 is 32.6 Å². The average molecular weight is 599 g/mol. The third kappa shape index (κ3) is 6.68. The van der Waals surface area contributed by atoms with Crippen LogP contribution < -0.4 is 9.62 Å². The van der Waals surface area contributed by atoms with E-state index in [2.05, 4.69) is 53.8 Å². The monoisotopic (exact) mass is 598 g/mol. The van der Waals surface area contributed by atoms with Gasteiger partial charge in [-0.3, -0.25) is 0 Å². The molecule has 2 heterocycles. The lowest BCUT2D eigenvalue weighted by atomic mass is 9.99. The van der Waals surface area contributed by atoms with Gasteiger partial charge in [0.1, 0.15) is 30.5 Å². The largest absolute Gasteiger partial charge is 0.388 e. The van der Waals surface area contributed by atoms with Crippen molar-refractivity contribution < 1.29 is 33.6 Å². The third-order valence-electron chi connectivity index (χ3n) is 7.47. The minimum Gasteiger partial charge on any atom is -0.388 e. The van der Waals surface area contributed by atoms with Crippen LogP contribution in [0, 0.1) is 11.3 Å². The zero-order valence-electron chi connectivity index (χ0n) is 23.9. The van der Waals surface area contributed by atoms with Gasteiger partial charge in [-0.2, -0.15) is 5.26 Å². The van der Waals surface area contributed by atoms with E-state index in [-0.39, 0.29) is 0 Å². The summed E-state index contributed by atoms with van der Waals surface area (Å²) in [7, 11) is -2.57. The first-order valence-electron chi connectivity index (χ1n) is 13.9. The Kier molecular flexibility index (Phi) is 10.1. The van der Waals surface area contributed by atoms with Crippen molar-refractivity contribution in [1.82, 2.24) is 9.29 Å². The molecule has 0 saturated carbocycles. The van der Waals surface area contributed by atoms with Crippen molar-refractivity contribution in [2.24, 2.45) is 7.05 Å². The van der Waals surface area contributed by atoms with Gasteiger partial charge in [0.05, 0.1) is 0 Å². The summed E-state index contributed by atoms with van der Waals surface area (Å²) in [6, 6.07) is 17.8. The van der Waals surface area contributed by atoms with Gasteiger partial charge in [0.15, 0.2) is 11.2 Å². The quantitative estimate of drug-likeness (QED) is 0.208. The number of allylic oxidation sites excluding steroid dienone is 1. The molecule has 2 aromatic carbocycles. The van der Waals surface area contributed by atoms with E-state index in [0.29, 0.717) is 5.69 Å². The molecule has 4 rings (SSSR count). The molecule has 1 aliphatic heterocycles. The summed E-state index contributed by atoms with van der Waals surface area (Å²) < 4.78 is 34.8. The van der Waals surface area contributed by atoms with Crippen LogP contribution >= 0.6 is 0 Å². The van der Waals surface area contributed by atoms with Crippen molar-refractivity contribution in [2.45, 2.75) is 57.4 Å². The number of sulfonamides is 1. The number of hydrogen-bond donors (Lipinski definition) is 5. The first-order chi connectivity index (χ1) is 20.0. The summed E-state index contributed by atoms with van der Waals surface area (Å²) in [5, 5.41) is 51.0. The molecule has 12 heteroatoms. The third-order valence-corrected chi connectivity index (χ3v) is 8.81. The van der Waals surface area contributed by atoms with Gasteiger partial charge in [0.2, 0.25) is 0 Å². The number of aliphatic hydroxyl groups excluding tert-OH is 4. The first kappa shape index (κ1) is 31.7. The molecular formula is C30H38N4O7S. The molecule has 0 bridgehead atoms. The second-order valence-corrected chi connectivity index (χ2v) is 12.2. The van der Waals surface area contributed by atoms with Crippen molar-refractivity contribution in [3.63, 3.8) is 0 Å². The van der Waals surface area contributed by atoms with Crippen molar-refractivity contribution in [3.05, 3.63) is 59.1 Å². The van der Waals surface area contributed by atoms with Gasteiger partial charge in [-0.15, -0.1) is 0 Å². The van der Waals surface area contributed by atoms with Crippen LogP contribution in [0.4, 0.5) is 5.69 Å². The van der Waals surface area contributed by atoms with Crippen LogP contribution in [0.5, 0.6) is 0 Å².